The second kappa shape index (κ2) is 19.9. The summed E-state index contributed by atoms with van der Waals surface area (Å²) in [4.78, 5) is 48.3. The Morgan fingerprint density at radius 2 is 1.16 bits per heavy atom. The third-order valence-corrected chi connectivity index (χ3v) is 7.58. The molecule has 0 aliphatic heterocycles. The summed E-state index contributed by atoms with van der Waals surface area (Å²) in [5.41, 5.74) is 1.48. The number of carbonyl (C=O) groups is 4. The molecule has 0 N–H and O–H groups in total. The van der Waals surface area contributed by atoms with Gasteiger partial charge in [-0.15, -0.1) is 0 Å². The van der Waals surface area contributed by atoms with E-state index in [0.717, 1.165) is 60.6 Å². The average molecular weight is 695 g/mol. The van der Waals surface area contributed by atoms with Gasteiger partial charge in [-0.05, 0) is 115 Å². The lowest BCUT2D eigenvalue weighted by atomic mass is 10.1. The minimum Gasteiger partial charge on any atom is -0.494 e. The highest BCUT2D eigenvalue weighted by Gasteiger charge is 2.16. The Kier molecular flexibility index (Phi) is 14.8. The predicted molar refractivity (Wildman–Crippen MR) is 193 cm³/mol. The third-order valence-electron chi connectivity index (χ3n) is 7.58. The van der Waals surface area contributed by atoms with E-state index < -0.39 is 23.9 Å². The first-order chi connectivity index (χ1) is 24.8. The molecule has 10 nitrogen and oxygen atoms in total. The van der Waals surface area contributed by atoms with Crippen molar-refractivity contribution in [2.24, 2.45) is 0 Å². The summed E-state index contributed by atoms with van der Waals surface area (Å²) >= 11 is 0. The van der Waals surface area contributed by atoms with Crippen LogP contribution < -0.4 is 18.9 Å². The molecule has 4 aromatic carbocycles. The van der Waals surface area contributed by atoms with Crippen LogP contribution in [0.1, 0.15) is 65.3 Å². The molecule has 266 valence electrons. The molecule has 4 aromatic rings. The zero-order valence-electron chi connectivity index (χ0n) is 28.7. The van der Waals surface area contributed by atoms with Crippen molar-refractivity contribution in [2.45, 2.75) is 45.4 Å². The van der Waals surface area contributed by atoms with Crippen molar-refractivity contribution >= 4 is 34.6 Å². The Morgan fingerprint density at radius 1 is 0.569 bits per heavy atom. The predicted octanol–water partition coefficient (Wildman–Crippen LogP) is 8.01. The van der Waals surface area contributed by atoms with E-state index in [-0.39, 0.29) is 13.2 Å². The second-order valence-electron chi connectivity index (χ2n) is 11.4. The van der Waals surface area contributed by atoms with Gasteiger partial charge in [0.25, 0.3) is 0 Å². The molecule has 0 bridgehead atoms. The molecule has 10 heteroatoms. The first kappa shape index (κ1) is 37.9. The van der Waals surface area contributed by atoms with Crippen molar-refractivity contribution in [1.29, 1.82) is 0 Å². The number of rotatable bonds is 20. The Hall–Kier alpha value is -5.90. The number of unbranched alkanes of at least 4 members (excludes halogenated alkanes) is 3. The average Bonchev–Trinajstić information content (AvgIpc) is 3.15. The molecule has 0 amide bonds. The van der Waals surface area contributed by atoms with Gasteiger partial charge in [-0.1, -0.05) is 38.6 Å². The van der Waals surface area contributed by atoms with E-state index in [9.17, 15) is 19.2 Å². The van der Waals surface area contributed by atoms with E-state index in [1.807, 2.05) is 25.1 Å². The molecule has 0 unspecified atom stereocenters. The van der Waals surface area contributed by atoms with Gasteiger partial charge in [0.05, 0.1) is 24.3 Å². The van der Waals surface area contributed by atoms with Gasteiger partial charge in [0.1, 0.15) is 36.2 Å². The molecule has 0 saturated heterocycles. The van der Waals surface area contributed by atoms with Crippen molar-refractivity contribution in [3.05, 3.63) is 121 Å². The smallest absolute Gasteiger partial charge is 0.343 e. The van der Waals surface area contributed by atoms with Crippen molar-refractivity contribution in [1.82, 2.24) is 0 Å². The largest absolute Gasteiger partial charge is 0.494 e. The van der Waals surface area contributed by atoms with Crippen molar-refractivity contribution in [2.75, 3.05) is 26.4 Å². The molecular formula is C41H42O10. The Balaban J connectivity index is 1.28. The topological polar surface area (TPSA) is 124 Å². The van der Waals surface area contributed by atoms with Crippen LogP contribution in [0.2, 0.25) is 0 Å². The number of aryl methyl sites for hydroxylation is 1. The molecule has 0 spiro atoms. The molecule has 51 heavy (non-hydrogen) atoms. The van der Waals surface area contributed by atoms with Gasteiger partial charge >= 0.3 is 23.9 Å². The van der Waals surface area contributed by atoms with Crippen LogP contribution in [-0.2, 0) is 25.5 Å². The maximum atomic E-state index is 13.2. The van der Waals surface area contributed by atoms with Crippen LogP contribution in [0.25, 0.3) is 10.8 Å². The zero-order valence-corrected chi connectivity index (χ0v) is 28.7. The first-order valence-corrected chi connectivity index (χ1v) is 16.8. The van der Waals surface area contributed by atoms with Crippen molar-refractivity contribution < 1.29 is 47.6 Å². The van der Waals surface area contributed by atoms with E-state index in [1.165, 1.54) is 0 Å². The Bertz CT molecular complexity index is 1830. The highest BCUT2D eigenvalue weighted by molar-refractivity contribution is 5.97. The number of ether oxygens (including phenoxy) is 6. The van der Waals surface area contributed by atoms with Gasteiger partial charge < -0.3 is 28.4 Å². The monoisotopic (exact) mass is 694 g/mol. The number of hydrogen-bond donors (Lipinski definition) is 0. The molecule has 0 atom stereocenters. The van der Waals surface area contributed by atoms with E-state index >= 15 is 0 Å². The lowest BCUT2D eigenvalue weighted by Crippen LogP contribution is -2.11. The quantitative estimate of drug-likeness (QED) is 0.0389. The minimum atomic E-state index is -0.522. The minimum absolute atomic E-state index is 0.102. The Labute approximate surface area is 297 Å². The van der Waals surface area contributed by atoms with Crippen LogP contribution in [0.3, 0.4) is 0 Å². The summed E-state index contributed by atoms with van der Waals surface area (Å²) in [5, 5.41) is 1.68. The number of benzene rings is 4. The fraction of sp³-hybridized carbons (Fsp3) is 0.268. The van der Waals surface area contributed by atoms with Crippen LogP contribution in [-0.4, -0.2) is 50.3 Å². The lowest BCUT2D eigenvalue weighted by Gasteiger charge is -2.13. The van der Waals surface area contributed by atoms with E-state index in [2.05, 4.69) is 13.2 Å². The summed E-state index contributed by atoms with van der Waals surface area (Å²) < 4.78 is 32.8. The molecule has 0 aliphatic carbocycles. The Morgan fingerprint density at radius 3 is 1.88 bits per heavy atom. The molecular weight excluding hydrogens is 652 g/mol. The van der Waals surface area contributed by atoms with Gasteiger partial charge in [0.2, 0.25) is 0 Å². The number of hydrogen-bond acceptors (Lipinski definition) is 10. The highest BCUT2D eigenvalue weighted by atomic mass is 16.6. The van der Waals surface area contributed by atoms with Crippen LogP contribution in [0.15, 0.2) is 104 Å². The number of carbonyl (C=O) groups excluding carboxylic acids is 4. The summed E-state index contributed by atoms with van der Waals surface area (Å²) in [6, 6.07) is 22.4. The van der Waals surface area contributed by atoms with Gasteiger partial charge in [-0.2, -0.15) is 0 Å². The van der Waals surface area contributed by atoms with Gasteiger partial charge in [-0.3, -0.25) is 0 Å². The summed E-state index contributed by atoms with van der Waals surface area (Å²) in [6.07, 6.45) is 7.14. The van der Waals surface area contributed by atoms with Gasteiger partial charge in [0.15, 0.2) is 0 Å². The maximum Gasteiger partial charge on any atom is 0.343 e. The molecule has 0 saturated carbocycles. The van der Waals surface area contributed by atoms with Gasteiger partial charge in [0, 0.05) is 12.2 Å². The lowest BCUT2D eigenvalue weighted by molar-refractivity contribution is -0.139. The SMILES string of the molecule is C=CC(=O)OCCCCCCOc1ccc(C(=O)Oc2ccc(OC(=O)c3ccc4cc(OCCOC(=O)C=C)ccc4c3)c(CCC)c2)cc1. The first-order valence-electron chi connectivity index (χ1n) is 16.8. The van der Waals surface area contributed by atoms with Crippen molar-refractivity contribution in [3.63, 3.8) is 0 Å². The molecule has 0 radical (unpaired) electrons. The fourth-order valence-corrected chi connectivity index (χ4v) is 4.98. The molecule has 0 aliphatic rings. The molecule has 0 aromatic heterocycles. The normalized spacial score (nSPS) is 10.5. The van der Waals surface area contributed by atoms with Crippen LogP contribution in [0.5, 0.6) is 23.0 Å². The summed E-state index contributed by atoms with van der Waals surface area (Å²) in [7, 11) is 0. The molecule has 0 heterocycles. The van der Waals surface area contributed by atoms with E-state index in [0.29, 0.717) is 53.8 Å². The van der Waals surface area contributed by atoms with Crippen LogP contribution in [0, 0.1) is 0 Å². The summed E-state index contributed by atoms with van der Waals surface area (Å²) in [5.74, 6) is 0.0224. The fourth-order valence-electron chi connectivity index (χ4n) is 4.98. The second-order valence-corrected chi connectivity index (χ2v) is 11.4. The number of esters is 4. The number of fused-ring (bicyclic) bond motifs is 1. The summed E-state index contributed by atoms with van der Waals surface area (Å²) in [6.45, 7) is 9.94. The van der Waals surface area contributed by atoms with Gasteiger partial charge in [-0.25, -0.2) is 19.2 Å². The maximum absolute atomic E-state index is 13.2. The zero-order chi connectivity index (χ0) is 36.4. The molecule has 0 fully saturated rings. The van der Waals surface area contributed by atoms with Crippen LogP contribution >= 0.6 is 0 Å². The van der Waals surface area contributed by atoms with Crippen molar-refractivity contribution in [3.8, 4) is 23.0 Å². The van der Waals surface area contributed by atoms with E-state index in [1.54, 1.807) is 60.7 Å². The highest BCUT2D eigenvalue weighted by Crippen LogP contribution is 2.28. The molecule has 4 rings (SSSR count). The van der Waals surface area contributed by atoms with Crippen LogP contribution in [0.4, 0.5) is 0 Å². The van der Waals surface area contributed by atoms with E-state index in [4.69, 9.17) is 28.4 Å². The third kappa shape index (κ3) is 12.2. The standard InChI is InChI=1S/C41H42O10/c1-4-11-32-28-36(50-40(44)29-14-17-34(18-15-29)46-22-9-7-8-10-23-48-38(42)5-2)20-21-37(32)51-41(45)33-13-12-31-27-35(19-16-30(31)26-33)47-24-25-49-39(43)6-3/h5-6,12-21,26-28H,2-4,7-11,22-25H2,1H3.